The zero-order chi connectivity index (χ0) is 15.6. The number of carbonyl (C=O) groups is 1. The van der Waals surface area contributed by atoms with Crippen LogP contribution in [0.2, 0.25) is 10.0 Å². The molecule has 2 aromatic rings. The normalized spacial score (nSPS) is 11.1. The van der Waals surface area contributed by atoms with Gasteiger partial charge < -0.3 is 0 Å². The van der Waals surface area contributed by atoms with Crippen molar-refractivity contribution in [3.05, 3.63) is 44.3 Å². The molecule has 0 bridgehead atoms. The third-order valence-electron chi connectivity index (χ3n) is 2.75. The van der Waals surface area contributed by atoms with Gasteiger partial charge in [-0.15, -0.1) is 5.10 Å². The molecule has 1 N–H and O–H groups in total. The first-order valence-electron chi connectivity index (χ1n) is 6.18. The minimum absolute atomic E-state index is 0.0383. The van der Waals surface area contributed by atoms with Crippen LogP contribution < -0.4 is 5.69 Å². The minimum Gasteiger partial charge on any atom is -0.293 e. The fourth-order valence-electron chi connectivity index (χ4n) is 1.77. The smallest absolute Gasteiger partial charge is 0.293 e. The van der Waals surface area contributed by atoms with Gasteiger partial charge in [0.2, 0.25) is 0 Å². The molecule has 5 nitrogen and oxygen atoms in total. The summed E-state index contributed by atoms with van der Waals surface area (Å²) in [6, 6.07) is 4.70. The van der Waals surface area contributed by atoms with E-state index < -0.39 is 0 Å². The summed E-state index contributed by atoms with van der Waals surface area (Å²) in [7, 11) is 0. The van der Waals surface area contributed by atoms with Gasteiger partial charge in [-0.2, -0.15) is 0 Å². The molecule has 0 fully saturated rings. The van der Waals surface area contributed by atoms with Gasteiger partial charge in [-0.25, -0.2) is 9.89 Å². The van der Waals surface area contributed by atoms with Gasteiger partial charge in [-0.1, -0.05) is 35.0 Å². The lowest BCUT2D eigenvalue weighted by atomic mass is 10.1. The summed E-state index contributed by atoms with van der Waals surface area (Å²) in [6.07, 6.45) is 0. The van der Waals surface area contributed by atoms with Crippen LogP contribution >= 0.6 is 35.0 Å². The highest BCUT2D eigenvalue weighted by Crippen LogP contribution is 2.24. The molecule has 0 aliphatic heterocycles. The molecule has 0 aliphatic carbocycles. The van der Waals surface area contributed by atoms with Crippen molar-refractivity contribution in [2.75, 3.05) is 5.75 Å². The number of hydrogen-bond donors (Lipinski definition) is 1. The second-order valence-electron chi connectivity index (χ2n) is 4.61. The van der Waals surface area contributed by atoms with Crippen molar-refractivity contribution in [3.63, 3.8) is 0 Å². The van der Waals surface area contributed by atoms with Crippen LogP contribution in [0.3, 0.4) is 0 Å². The highest BCUT2D eigenvalue weighted by atomic mass is 35.5. The first-order valence-corrected chi connectivity index (χ1v) is 7.92. The van der Waals surface area contributed by atoms with Gasteiger partial charge in [0, 0.05) is 16.6 Å². The first kappa shape index (κ1) is 16.1. The Morgan fingerprint density at radius 2 is 2.14 bits per heavy atom. The second kappa shape index (κ2) is 6.68. The fourth-order valence-corrected chi connectivity index (χ4v) is 3.12. The third-order valence-corrected chi connectivity index (χ3v) is 4.27. The van der Waals surface area contributed by atoms with Crippen LogP contribution in [0.15, 0.2) is 28.2 Å². The number of benzene rings is 1. The molecule has 2 rings (SSSR count). The number of aromatic amines is 1. The number of carbonyl (C=O) groups excluding carboxylic acids is 1. The predicted molar refractivity (Wildman–Crippen MR) is 84.7 cm³/mol. The second-order valence-corrected chi connectivity index (χ2v) is 6.40. The van der Waals surface area contributed by atoms with Gasteiger partial charge in [0.25, 0.3) is 0 Å². The van der Waals surface area contributed by atoms with E-state index in [1.54, 1.807) is 12.1 Å². The van der Waals surface area contributed by atoms with Crippen molar-refractivity contribution in [1.82, 2.24) is 14.8 Å². The summed E-state index contributed by atoms with van der Waals surface area (Å²) in [5.74, 6) is -0.0462. The number of thioether (sulfide) groups is 1. The zero-order valence-corrected chi connectivity index (χ0v) is 13.7. The van der Waals surface area contributed by atoms with Gasteiger partial charge in [-0.3, -0.25) is 9.36 Å². The van der Waals surface area contributed by atoms with E-state index in [1.807, 2.05) is 13.8 Å². The Labute approximate surface area is 135 Å². The van der Waals surface area contributed by atoms with Gasteiger partial charge in [0.15, 0.2) is 10.9 Å². The molecule has 0 unspecified atom stereocenters. The molecule has 112 valence electrons. The molecule has 21 heavy (non-hydrogen) atoms. The molecule has 0 saturated heterocycles. The van der Waals surface area contributed by atoms with Gasteiger partial charge >= 0.3 is 5.69 Å². The van der Waals surface area contributed by atoms with E-state index in [0.29, 0.717) is 20.8 Å². The number of rotatable bonds is 5. The molecule has 0 amide bonds. The van der Waals surface area contributed by atoms with Gasteiger partial charge in [0.1, 0.15) is 0 Å². The lowest BCUT2D eigenvalue weighted by molar-refractivity contribution is 0.102. The molecular weight excluding hydrogens is 333 g/mol. The number of H-pyrrole nitrogens is 1. The molecular formula is C13H13Cl2N3O2S. The third kappa shape index (κ3) is 3.70. The summed E-state index contributed by atoms with van der Waals surface area (Å²) < 4.78 is 1.50. The largest absolute Gasteiger partial charge is 0.344 e. The average Bonchev–Trinajstić information content (AvgIpc) is 2.80. The molecule has 8 heteroatoms. The van der Waals surface area contributed by atoms with Gasteiger partial charge in [-0.05, 0) is 32.0 Å². The average molecular weight is 346 g/mol. The van der Waals surface area contributed by atoms with Crippen LogP contribution in [-0.4, -0.2) is 26.3 Å². The Balaban J connectivity index is 2.15. The number of nitrogens with one attached hydrogen (secondary N) is 1. The van der Waals surface area contributed by atoms with Crippen molar-refractivity contribution >= 4 is 40.7 Å². The molecule has 0 radical (unpaired) electrons. The maximum absolute atomic E-state index is 12.2. The molecule has 0 saturated carbocycles. The fraction of sp³-hybridized carbons (Fsp3) is 0.308. The number of halogens is 2. The lowest BCUT2D eigenvalue weighted by Gasteiger charge is -2.08. The van der Waals surface area contributed by atoms with Crippen molar-refractivity contribution in [3.8, 4) is 0 Å². The Kier molecular flexibility index (Phi) is 5.13. The van der Waals surface area contributed by atoms with Crippen LogP contribution in [0.4, 0.5) is 0 Å². The Morgan fingerprint density at radius 3 is 2.81 bits per heavy atom. The quantitative estimate of drug-likeness (QED) is 0.665. The monoisotopic (exact) mass is 345 g/mol. The van der Waals surface area contributed by atoms with Crippen molar-refractivity contribution < 1.29 is 4.79 Å². The molecule has 0 spiro atoms. The summed E-state index contributed by atoms with van der Waals surface area (Å²) in [5.41, 5.74) is 0.0754. The Morgan fingerprint density at radius 1 is 1.43 bits per heavy atom. The van der Waals surface area contributed by atoms with E-state index in [0.717, 1.165) is 0 Å². The molecule has 0 aliphatic rings. The summed E-state index contributed by atoms with van der Waals surface area (Å²) in [4.78, 5) is 23.8. The van der Waals surface area contributed by atoms with E-state index in [2.05, 4.69) is 10.2 Å². The van der Waals surface area contributed by atoms with E-state index in [1.165, 1.54) is 22.4 Å². The predicted octanol–water partition coefficient (Wildman–Crippen LogP) is 3.43. The SMILES string of the molecule is CC(C)n1c(SCC(=O)c2cc(Cl)ccc2Cl)n[nH]c1=O. The number of hydrogen-bond acceptors (Lipinski definition) is 4. The maximum Gasteiger partial charge on any atom is 0.344 e. The van der Waals surface area contributed by atoms with Crippen LogP contribution in [0, 0.1) is 0 Å². The molecule has 1 aromatic heterocycles. The van der Waals surface area contributed by atoms with Crippen molar-refractivity contribution in [1.29, 1.82) is 0 Å². The Hall–Kier alpha value is -1.24. The standard InChI is InChI=1S/C13H13Cl2N3O2S/c1-7(2)18-12(20)16-17-13(18)21-6-11(19)9-5-8(14)3-4-10(9)15/h3-5,7H,6H2,1-2H3,(H,16,20). The van der Waals surface area contributed by atoms with E-state index in [-0.39, 0.29) is 23.3 Å². The minimum atomic E-state index is -0.291. The van der Waals surface area contributed by atoms with E-state index in [9.17, 15) is 9.59 Å². The van der Waals surface area contributed by atoms with Crippen LogP contribution in [-0.2, 0) is 0 Å². The van der Waals surface area contributed by atoms with Crippen LogP contribution in [0.25, 0.3) is 0 Å². The lowest BCUT2D eigenvalue weighted by Crippen LogP contribution is -2.19. The molecule has 1 heterocycles. The van der Waals surface area contributed by atoms with E-state index in [4.69, 9.17) is 23.2 Å². The molecule has 0 atom stereocenters. The zero-order valence-electron chi connectivity index (χ0n) is 11.4. The number of ketones is 1. The topological polar surface area (TPSA) is 67.8 Å². The Bertz CT molecular complexity index is 724. The summed E-state index contributed by atoms with van der Waals surface area (Å²) in [5, 5.41) is 7.58. The van der Waals surface area contributed by atoms with Crippen molar-refractivity contribution in [2.45, 2.75) is 25.0 Å². The van der Waals surface area contributed by atoms with E-state index >= 15 is 0 Å². The van der Waals surface area contributed by atoms with Crippen LogP contribution in [0.5, 0.6) is 0 Å². The highest BCUT2D eigenvalue weighted by molar-refractivity contribution is 7.99. The number of Topliss-reactive ketones (excluding diaryl/α,β-unsaturated/α-hetero) is 1. The highest BCUT2D eigenvalue weighted by Gasteiger charge is 2.16. The molecule has 1 aromatic carbocycles. The van der Waals surface area contributed by atoms with Crippen LogP contribution in [0.1, 0.15) is 30.2 Å². The summed E-state index contributed by atoms with van der Waals surface area (Å²) >= 11 is 13.0. The first-order chi connectivity index (χ1) is 9.90. The van der Waals surface area contributed by atoms with Crippen molar-refractivity contribution in [2.24, 2.45) is 0 Å². The number of aromatic nitrogens is 3. The number of nitrogens with zero attached hydrogens (tertiary/aromatic N) is 2. The summed E-state index contributed by atoms with van der Waals surface area (Å²) in [6.45, 7) is 3.74. The van der Waals surface area contributed by atoms with Gasteiger partial charge in [0.05, 0.1) is 10.8 Å². The maximum atomic E-state index is 12.2.